The number of carbonyl (C=O) groups excluding carboxylic acids is 2. The number of halogens is 1. The molecule has 0 radical (unpaired) electrons. The summed E-state index contributed by atoms with van der Waals surface area (Å²) in [7, 11) is 0. The molecule has 0 aromatic rings. The van der Waals surface area contributed by atoms with Gasteiger partial charge in [0.1, 0.15) is 11.6 Å². The van der Waals surface area contributed by atoms with Crippen LogP contribution in [-0.4, -0.2) is 18.1 Å². The van der Waals surface area contributed by atoms with E-state index in [2.05, 4.69) is 26.0 Å². The molecule has 7 atom stereocenters. The quantitative estimate of drug-likeness (QED) is 0.705. The molecule has 2 unspecified atom stereocenters. The summed E-state index contributed by atoms with van der Waals surface area (Å²) in [6.07, 6.45) is 13.6. The normalized spacial score (nSPS) is 46.6. The molecule has 0 aromatic heterocycles. The molecule has 4 heteroatoms. The van der Waals surface area contributed by atoms with E-state index < -0.39 is 0 Å². The lowest BCUT2D eigenvalue weighted by Gasteiger charge is -2.59. The van der Waals surface area contributed by atoms with Gasteiger partial charge in [0.05, 0.1) is 0 Å². The van der Waals surface area contributed by atoms with Gasteiger partial charge in [-0.15, -0.1) is 12.4 Å². The lowest BCUT2D eigenvalue weighted by atomic mass is 9.44. The molecule has 27 heavy (non-hydrogen) atoms. The van der Waals surface area contributed by atoms with Gasteiger partial charge in [-0.05, 0) is 80.6 Å². The molecule has 0 aliphatic heterocycles. The van der Waals surface area contributed by atoms with Gasteiger partial charge in [0, 0.05) is 24.2 Å². The van der Waals surface area contributed by atoms with E-state index in [1.807, 2.05) is 0 Å². The van der Waals surface area contributed by atoms with E-state index in [0.29, 0.717) is 41.8 Å². The molecule has 0 saturated heterocycles. The minimum Gasteiger partial charge on any atom is -0.330 e. The van der Waals surface area contributed by atoms with E-state index in [0.717, 1.165) is 44.9 Å². The van der Waals surface area contributed by atoms with Crippen molar-refractivity contribution in [2.75, 3.05) is 6.54 Å². The Balaban J connectivity index is 0.00000210. The molecule has 152 valence electrons. The van der Waals surface area contributed by atoms with Gasteiger partial charge in [0.15, 0.2) is 0 Å². The zero-order chi connectivity index (χ0) is 18.5. The monoisotopic (exact) mass is 393 g/mol. The Labute approximate surface area is 170 Å². The maximum absolute atomic E-state index is 13.2. The van der Waals surface area contributed by atoms with Gasteiger partial charge in [-0.1, -0.05) is 26.0 Å². The number of nitrogens with two attached hydrogens (primary N) is 1. The Hall–Kier alpha value is -0.670. The maximum Gasteiger partial charge on any atom is 0.139 e. The van der Waals surface area contributed by atoms with Crippen LogP contribution in [0, 0.1) is 40.4 Å². The summed E-state index contributed by atoms with van der Waals surface area (Å²) in [6.45, 7) is 5.30. The molecule has 0 spiro atoms. The van der Waals surface area contributed by atoms with Crippen LogP contribution in [-0.2, 0) is 9.59 Å². The van der Waals surface area contributed by atoms with Crippen molar-refractivity contribution in [3.63, 3.8) is 0 Å². The van der Waals surface area contributed by atoms with Crippen LogP contribution in [0.15, 0.2) is 12.2 Å². The second-order valence-electron chi connectivity index (χ2n) is 10.1. The fourth-order valence-corrected chi connectivity index (χ4v) is 7.40. The maximum atomic E-state index is 13.2. The van der Waals surface area contributed by atoms with E-state index in [-0.39, 0.29) is 29.2 Å². The van der Waals surface area contributed by atoms with Crippen LogP contribution >= 0.6 is 12.4 Å². The van der Waals surface area contributed by atoms with E-state index in [9.17, 15) is 9.59 Å². The molecule has 4 aliphatic carbocycles. The molecule has 3 nitrogen and oxygen atoms in total. The number of carbonyl (C=O) groups is 2. The third-order valence-corrected chi connectivity index (χ3v) is 8.95. The van der Waals surface area contributed by atoms with E-state index in [1.165, 1.54) is 12.8 Å². The van der Waals surface area contributed by atoms with Crippen LogP contribution in [0.3, 0.4) is 0 Å². The van der Waals surface area contributed by atoms with Crippen LogP contribution in [0.2, 0.25) is 0 Å². The summed E-state index contributed by atoms with van der Waals surface area (Å²) in [5.41, 5.74) is 5.63. The van der Waals surface area contributed by atoms with Crippen LogP contribution in [0.1, 0.15) is 71.6 Å². The first-order valence-corrected chi connectivity index (χ1v) is 10.8. The topological polar surface area (TPSA) is 60.2 Å². The summed E-state index contributed by atoms with van der Waals surface area (Å²) in [6, 6.07) is 0. The Morgan fingerprint density at radius 1 is 1.11 bits per heavy atom. The van der Waals surface area contributed by atoms with E-state index in [4.69, 9.17) is 5.73 Å². The van der Waals surface area contributed by atoms with Crippen molar-refractivity contribution < 1.29 is 9.59 Å². The standard InChI is InChI=1S/C23H35NO2.ClH/c1-22-10-8-15(5-3-4-12-24)13-19(22)20(25)14-16-17-6-7-21(26)23(17,2)11-9-18(16)22;/h3,5,15-19H,4,6-14,24H2,1-2H3;1H/t15?,16-,17-,18+,19?,22+,23-;/m0./s1. The molecule has 0 amide bonds. The first-order chi connectivity index (χ1) is 12.4. The molecule has 0 heterocycles. The Bertz CT molecular complexity index is 632. The fourth-order valence-electron chi connectivity index (χ4n) is 7.40. The van der Waals surface area contributed by atoms with E-state index in [1.54, 1.807) is 0 Å². The Kier molecular flexibility index (Phi) is 5.95. The average Bonchev–Trinajstić information content (AvgIpc) is 2.92. The molecule has 4 aliphatic rings. The van der Waals surface area contributed by atoms with Crippen molar-refractivity contribution in [1.29, 1.82) is 0 Å². The highest BCUT2D eigenvalue weighted by molar-refractivity contribution is 5.88. The highest BCUT2D eigenvalue weighted by Gasteiger charge is 2.62. The molecular weight excluding hydrogens is 358 g/mol. The van der Waals surface area contributed by atoms with Crippen molar-refractivity contribution in [2.45, 2.75) is 71.6 Å². The van der Waals surface area contributed by atoms with Gasteiger partial charge in [0.2, 0.25) is 0 Å². The molecular formula is C23H36ClNO2. The third kappa shape index (κ3) is 3.23. The second kappa shape index (κ2) is 7.63. The SMILES string of the molecule is C[C@]12CCC(C=CCCN)CC1C(=O)C[C@@H]1[C@H]2CC[C@]2(C)C(=O)CC[C@@H]12.Cl. The van der Waals surface area contributed by atoms with Gasteiger partial charge < -0.3 is 5.73 Å². The number of fused-ring (bicyclic) bond motifs is 5. The molecule has 4 fully saturated rings. The van der Waals surface area contributed by atoms with Crippen LogP contribution < -0.4 is 5.73 Å². The van der Waals surface area contributed by atoms with Crippen molar-refractivity contribution >= 4 is 24.0 Å². The highest BCUT2D eigenvalue weighted by atomic mass is 35.5. The van der Waals surface area contributed by atoms with Crippen molar-refractivity contribution in [3.8, 4) is 0 Å². The number of rotatable bonds is 3. The number of Topliss-reactive ketones (excluding diaryl/α,β-unsaturated/α-hetero) is 2. The first kappa shape index (κ1) is 21.0. The number of allylic oxidation sites excluding steroid dienone is 1. The molecule has 0 bridgehead atoms. The van der Waals surface area contributed by atoms with Gasteiger partial charge in [-0.2, -0.15) is 0 Å². The summed E-state index contributed by atoms with van der Waals surface area (Å²) in [5.74, 6) is 3.29. The molecule has 4 rings (SSSR count). The fraction of sp³-hybridized carbons (Fsp3) is 0.826. The molecule has 4 saturated carbocycles. The lowest BCUT2D eigenvalue weighted by molar-refractivity contribution is -0.157. The van der Waals surface area contributed by atoms with Crippen molar-refractivity contribution in [3.05, 3.63) is 12.2 Å². The largest absolute Gasteiger partial charge is 0.330 e. The van der Waals surface area contributed by atoms with Crippen molar-refractivity contribution in [1.82, 2.24) is 0 Å². The Morgan fingerprint density at radius 3 is 2.63 bits per heavy atom. The van der Waals surface area contributed by atoms with Crippen LogP contribution in [0.25, 0.3) is 0 Å². The zero-order valence-electron chi connectivity index (χ0n) is 16.9. The van der Waals surface area contributed by atoms with E-state index >= 15 is 0 Å². The zero-order valence-corrected chi connectivity index (χ0v) is 17.7. The minimum absolute atomic E-state index is 0. The summed E-state index contributed by atoms with van der Waals surface area (Å²) in [5, 5.41) is 0. The van der Waals surface area contributed by atoms with Gasteiger partial charge >= 0.3 is 0 Å². The number of hydrogen-bond acceptors (Lipinski definition) is 3. The van der Waals surface area contributed by atoms with Gasteiger partial charge in [-0.25, -0.2) is 0 Å². The van der Waals surface area contributed by atoms with Gasteiger partial charge in [0.25, 0.3) is 0 Å². The predicted molar refractivity (Wildman–Crippen MR) is 111 cm³/mol. The van der Waals surface area contributed by atoms with Crippen molar-refractivity contribution in [2.24, 2.45) is 46.2 Å². The summed E-state index contributed by atoms with van der Waals surface area (Å²) in [4.78, 5) is 25.7. The highest BCUT2D eigenvalue weighted by Crippen LogP contribution is 2.65. The minimum atomic E-state index is -0.132. The second-order valence-corrected chi connectivity index (χ2v) is 10.1. The summed E-state index contributed by atoms with van der Waals surface area (Å²) < 4.78 is 0. The number of hydrogen-bond donors (Lipinski definition) is 1. The lowest BCUT2D eigenvalue weighted by Crippen LogP contribution is -2.56. The molecule has 2 N–H and O–H groups in total. The van der Waals surface area contributed by atoms with Crippen LogP contribution in [0.4, 0.5) is 0 Å². The average molecular weight is 394 g/mol. The summed E-state index contributed by atoms with van der Waals surface area (Å²) >= 11 is 0. The molecule has 0 aromatic carbocycles. The third-order valence-electron chi connectivity index (χ3n) is 8.95. The smallest absolute Gasteiger partial charge is 0.139 e. The van der Waals surface area contributed by atoms with Gasteiger partial charge in [-0.3, -0.25) is 9.59 Å². The first-order valence-electron chi connectivity index (χ1n) is 10.8. The number of ketones is 2. The Morgan fingerprint density at radius 2 is 1.89 bits per heavy atom. The van der Waals surface area contributed by atoms with Crippen LogP contribution in [0.5, 0.6) is 0 Å². The predicted octanol–water partition coefficient (Wildman–Crippen LogP) is 4.72.